The Labute approximate surface area is 135 Å². The van der Waals surface area contributed by atoms with Gasteiger partial charge < -0.3 is 14.4 Å². The summed E-state index contributed by atoms with van der Waals surface area (Å²) in [6, 6.07) is 9.80. The lowest BCUT2D eigenvalue weighted by Crippen LogP contribution is -2.38. The van der Waals surface area contributed by atoms with Crippen molar-refractivity contribution in [3.63, 3.8) is 0 Å². The van der Waals surface area contributed by atoms with E-state index in [1.54, 1.807) is 19.1 Å². The second-order valence-corrected chi connectivity index (χ2v) is 5.83. The van der Waals surface area contributed by atoms with Crippen molar-refractivity contribution in [1.82, 2.24) is 15.1 Å². The molecule has 6 nitrogen and oxygen atoms in total. The summed E-state index contributed by atoms with van der Waals surface area (Å²) < 4.78 is 10.8. The minimum absolute atomic E-state index is 0.0856. The number of rotatable bonds is 5. The van der Waals surface area contributed by atoms with Gasteiger partial charge in [-0.2, -0.15) is 5.10 Å². The molecule has 1 atom stereocenters. The first-order valence-corrected chi connectivity index (χ1v) is 7.65. The molecule has 0 unspecified atom stereocenters. The minimum atomic E-state index is -0.142. The summed E-state index contributed by atoms with van der Waals surface area (Å²) in [6.07, 6.45) is 0.719. The van der Waals surface area contributed by atoms with Gasteiger partial charge in [0.1, 0.15) is 12.4 Å². The van der Waals surface area contributed by atoms with E-state index >= 15 is 0 Å². The number of carbonyl (C=O) groups is 1. The molecule has 0 bridgehead atoms. The number of carbonyl (C=O) groups excluding carboxylic acids is 1. The van der Waals surface area contributed by atoms with Gasteiger partial charge in [0.05, 0.1) is 30.5 Å². The molecule has 0 spiro atoms. The third-order valence-corrected chi connectivity index (χ3v) is 3.99. The molecule has 1 N–H and O–H groups in total. The van der Waals surface area contributed by atoms with Gasteiger partial charge in [0, 0.05) is 14.2 Å². The number of ether oxygens (including phenoxy) is 2. The topological polar surface area (TPSA) is 67.4 Å². The quantitative estimate of drug-likeness (QED) is 0.913. The minimum Gasteiger partial charge on any atom is -0.492 e. The fourth-order valence-electron chi connectivity index (χ4n) is 2.84. The van der Waals surface area contributed by atoms with Crippen LogP contribution in [0.25, 0.3) is 0 Å². The molecule has 122 valence electrons. The van der Waals surface area contributed by atoms with Gasteiger partial charge in [0.25, 0.3) is 0 Å². The number of nitrogens with zero attached hydrogens (tertiary/aromatic N) is 2. The van der Waals surface area contributed by atoms with Crippen molar-refractivity contribution in [3.8, 4) is 5.75 Å². The molecule has 6 heteroatoms. The molecule has 0 saturated carbocycles. The van der Waals surface area contributed by atoms with Crippen LogP contribution in [-0.2, 0) is 29.1 Å². The van der Waals surface area contributed by atoms with Gasteiger partial charge in [0.15, 0.2) is 0 Å². The zero-order valence-electron chi connectivity index (χ0n) is 13.4. The summed E-state index contributed by atoms with van der Waals surface area (Å²) in [5.41, 5.74) is 2.82. The zero-order chi connectivity index (χ0) is 16.2. The number of benzene rings is 1. The lowest BCUT2D eigenvalue weighted by atomic mass is 9.95. The molecular formula is C17H21N3O3. The van der Waals surface area contributed by atoms with Gasteiger partial charge in [0.2, 0.25) is 5.91 Å². The van der Waals surface area contributed by atoms with Crippen LogP contribution in [0.3, 0.4) is 0 Å². The molecule has 3 rings (SSSR count). The van der Waals surface area contributed by atoms with Crippen molar-refractivity contribution >= 4 is 5.91 Å². The first kappa shape index (κ1) is 15.6. The van der Waals surface area contributed by atoms with E-state index in [1.165, 1.54) is 0 Å². The molecule has 23 heavy (non-hydrogen) atoms. The van der Waals surface area contributed by atoms with E-state index in [4.69, 9.17) is 9.47 Å². The largest absolute Gasteiger partial charge is 0.492 e. The van der Waals surface area contributed by atoms with Crippen LogP contribution in [-0.4, -0.2) is 41.8 Å². The van der Waals surface area contributed by atoms with Crippen molar-refractivity contribution in [2.45, 2.75) is 19.6 Å². The second kappa shape index (κ2) is 6.83. The summed E-state index contributed by atoms with van der Waals surface area (Å²) in [5, 5.41) is 7.09. The van der Waals surface area contributed by atoms with Crippen LogP contribution < -0.4 is 4.74 Å². The van der Waals surface area contributed by atoms with E-state index in [0.717, 1.165) is 29.1 Å². The lowest BCUT2D eigenvalue weighted by molar-refractivity contribution is -0.136. The average Bonchev–Trinajstić information content (AvgIpc) is 3.01. The second-order valence-electron chi connectivity index (χ2n) is 5.83. The SMILES string of the molecule is COCc1cc(CN(C)C(=O)[C@@H]2COc3ccccc3C2)[nH]n1. The molecule has 0 fully saturated rings. The molecule has 1 aliphatic rings. The van der Waals surface area contributed by atoms with Gasteiger partial charge in [-0.1, -0.05) is 18.2 Å². The highest BCUT2D eigenvalue weighted by Crippen LogP contribution is 2.27. The highest BCUT2D eigenvalue weighted by Gasteiger charge is 2.28. The molecule has 2 heterocycles. The van der Waals surface area contributed by atoms with Gasteiger partial charge in [-0.15, -0.1) is 0 Å². The molecule has 1 amide bonds. The summed E-state index contributed by atoms with van der Waals surface area (Å²) in [7, 11) is 3.44. The van der Waals surface area contributed by atoms with E-state index in [-0.39, 0.29) is 11.8 Å². The highest BCUT2D eigenvalue weighted by molar-refractivity contribution is 5.79. The molecule has 1 aromatic heterocycles. The van der Waals surface area contributed by atoms with E-state index in [2.05, 4.69) is 10.2 Å². The lowest BCUT2D eigenvalue weighted by Gasteiger charge is -2.28. The molecule has 1 aliphatic heterocycles. The Morgan fingerprint density at radius 1 is 1.48 bits per heavy atom. The third kappa shape index (κ3) is 3.53. The number of nitrogens with one attached hydrogen (secondary N) is 1. The monoisotopic (exact) mass is 315 g/mol. The molecule has 0 aliphatic carbocycles. The number of fused-ring (bicyclic) bond motifs is 1. The van der Waals surface area contributed by atoms with Crippen LogP contribution in [0.2, 0.25) is 0 Å². The Balaban J connectivity index is 1.61. The fraction of sp³-hybridized carbons (Fsp3) is 0.412. The highest BCUT2D eigenvalue weighted by atomic mass is 16.5. The molecule has 2 aromatic rings. The fourth-order valence-corrected chi connectivity index (χ4v) is 2.84. The Morgan fingerprint density at radius 3 is 3.13 bits per heavy atom. The maximum atomic E-state index is 12.6. The van der Waals surface area contributed by atoms with Crippen LogP contribution in [0.15, 0.2) is 30.3 Å². The van der Waals surface area contributed by atoms with Crippen molar-refractivity contribution in [2.24, 2.45) is 5.92 Å². The number of H-pyrrole nitrogens is 1. The van der Waals surface area contributed by atoms with Crippen LogP contribution in [0.5, 0.6) is 5.75 Å². The van der Waals surface area contributed by atoms with Crippen LogP contribution in [0.1, 0.15) is 17.0 Å². The predicted octanol–water partition coefficient (Wildman–Crippen LogP) is 1.77. The summed E-state index contributed by atoms with van der Waals surface area (Å²) >= 11 is 0. The standard InChI is InChI=1S/C17H21N3O3/c1-20(9-14-8-15(11-22-2)19-18-14)17(21)13-7-12-5-3-4-6-16(12)23-10-13/h3-6,8,13H,7,9-11H2,1-2H3,(H,18,19)/t13-/m0/s1. The maximum Gasteiger partial charge on any atom is 0.229 e. The Hall–Kier alpha value is -2.34. The van der Waals surface area contributed by atoms with Crippen molar-refractivity contribution < 1.29 is 14.3 Å². The van der Waals surface area contributed by atoms with Crippen LogP contribution in [0, 0.1) is 5.92 Å². The Bertz CT molecular complexity index is 683. The smallest absolute Gasteiger partial charge is 0.229 e. The number of amides is 1. The number of methoxy groups -OCH3 is 1. The number of aromatic amines is 1. The number of hydrogen-bond acceptors (Lipinski definition) is 4. The molecular weight excluding hydrogens is 294 g/mol. The van der Waals surface area contributed by atoms with Gasteiger partial charge in [-0.05, 0) is 24.1 Å². The third-order valence-electron chi connectivity index (χ3n) is 3.99. The van der Waals surface area contributed by atoms with Crippen LogP contribution >= 0.6 is 0 Å². The van der Waals surface area contributed by atoms with Gasteiger partial charge >= 0.3 is 0 Å². The van der Waals surface area contributed by atoms with Crippen LogP contribution in [0.4, 0.5) is 0 Å². The zero-order valence-corrected chi connectivity index (χ0v) is 13.4. The molecule has 0 radical (unpaired) electrons. The molecule has 0 saturated heterocycles. The summed E-state index contributed by atoms with van der Waals surface area (Å²) in [4.78, 5) is 14.3. The van der Waals surface area contributed by atoms with Crippen molar-refractivity contribution in [1.29, 1.82) is 0 Å². The van der Waals surface area contributed by atoms with Crippen molar-refractivity contribution in [3.05, 3.63) is 47.3 Å². The Kier molecular flexibility index (Phi) is 4.62. The maximum absolute atomic E-state index is 12.6. The first-order chi connectivity index (χ1) is 11.2. The summed E-state index contributed by atoms with van der Waals surface area (Å²) in [6.45, 7) is 1.38. The van der Waals surface area contributed by atoms with E-state index in [1.807, 2.05) is 30.3 Å². The van der Waals surface area contributed by atoms with Crippen molar-refractivity contribution in [2.75, 3.05) is 20.8 Å². The average molecular weight is 315 g/mol. The number of aromatic nitrogens is 2. The normalized spacial score (nSPS) is 16.5. The van der Waals surface area contributed by atoms with E-state index in [0.29, 0.717) is 19.8 Å². The van der Waals surface area contributed by atoms with E-state index < -0.39 is 0 Å². The van der Waals surface area contributed by atoms with Gasteiger partial charge in [-0.3, -0.25) is 9.89 Å². The predicted molar refractivity (Wildman–Crippen MR) is 84.9 cm³/mol. The molecule has 1 aromatic carbocycles. The summed E-state index contributed by atoms with van der Waals surface area (Å²) in [5.74, 6) is 0.829. The number of hydrogen-bond donors (Lipinski definition) is 1. The first-order valence-electron chi connectivity index (χ1n) is 7.65. The Morgan fingerprint density at radius 2 is 2.30 bits per heavy atom. The van der Waals surface area contributed by atoms with E-state index in [9.17, 15) is 4.79 Å². The number of para-hydroxylation sites is 1. The van der Waals surface area contributed by atoms with Gasteiger partial charge in [-0.25, -0.2) is 0 Å².